The first-order valence-corrected chi connectivity index (χ1v) is 11.4. The zero-order valence-electron chi connectivity index (χ0n) is 18.1. The van der Waals surface area contributed by atoms with Gasteiger partial charge >= 0.3 is 0 Å². The molecule has 5 N–H and O–H groups in total. The fourth-order valence-electron chi connectivity index (χ4n) is 3.45. The van der Waals surface area contributed by atoms with Gasteiger partial charge in [-0.25, -0.2) is 23.5 Å². The zero-order valence-corrected chi connectivity index (χ0v) is 18.9. The van der Waals surface area contributed by atoms with Crippen molar-refractivity contribution in [1.82, 2.24) is 19.7 Å². The smallest absolute Gasteiger partial charge is 0.238 e. The van der Waals surface area contributed by atoms with Gasteiger partial charge in [0.1, 0.15) is 5.69 Å². The summed E-state index contributed by atoms with van der Waals surface area (Å²) >= 11 is 0. The van der Waals surface area contributed by atoms with Gasteiger partial charge in [0.25, 0.3) is 0 Å². The van der Waals surface area contributed by atoms with Crippen molar-refractivity contribution in [3.8, 4) is 22.6 Å². The zero-order chi connectivity index (χ0) is 23.0. The number of anilines is 1. The lowest BCUT2D eigenvalue weighted by atomic mass is 9.95. The maximum absolute atomic E-state index is 11.9. The molecule has 0 aliphatic carbocycles. The Morgan fingerprint density at radius 2 is 1.94 bits per heavy atom. The molecule has 9 nitrogen and oxygen atoms in total. The first kappa shape index (κ1) is 22.9. The molecular weight excluding hydrogens is 416 g/mol. The Morgan fingerprint density at radius 1 is 1.23 bits per heavy atom. The van der Waals surface area contributed by atoms with Crippen molar-refractivity contribution in [3.05, 3.63) is 41.7 Å². The van der Waals surface area contributed by atoms with E-state index >= 15 is 0 Å². The highest BCUT2D eigenvalue weighted by molar-refractivity contribution is 7.89. The molecule has 0 aliphatic rings. The van der Waals surface area contributed by atoms with Crippen molar-refractivity contribution in [2.24, 2.45) is 12.2 Å². The summed E-state index contributed by atoms with van der Waals surface area (Å²) in [7, 11) is -2.10. The number of aliphatic hydroxyl groups is 1. The summed E-state index contributed by atoms with van der Waals surface area (Å²) in [6.07, 6.45) is 3.44. The van der Waals surface area contributed by atoms with Crippen LogP contribution in [0.5, 0.6) is 0 Å². The quantitative estimate of drug-likeness (QED) is 0.505. The van der Waals surface area contributed by atoms with E-state index in [4.69, 9.17) is 15.9 Å². The summed E-state index contributed by atoms with van der Waals surface area (Å²) in [5.41, 5.74) is 9.24. The minimum absolute atomic E-state index is 0.00899. The highest BCUT2D eigenvalue weighted by Crippen LogP contribution is 2.30. The van der Waals surface area contributed by atoms with Gasteiger partial charge in [0.2, 0.25) is 10.0 Å². The van der Waals surface area contributed by atoms with E-state index < -0.39 is 15.6 Å². The van der Waals surface area contributed by atoms with Gasteiger partial charge in [0.15, 0.2) is 5.82 Å². The van der Waals surface area contributed by atoms with Crippen molar-refractivity contribution in [2.45, 2.75) is 50.5 Å². The molecule has 1 aromatic carbocycles. The topological polar surface area (TPSA) is 150 Å². The van der Waals surface area contributed by atoms with Crippen LogP contribution in [0, 0.1) is 6.92 Å². The molecular formula is C21H28N6O3S. The molecule has 3 rings (SSSR count). The van der Waals surface area contributed by atoms with Crippen LogP contribution in [0.4, 0.5) is 5.82 Å². The summed E-state index contributed by atoms with van der Waals surface area (Å²) in [5, 5.41) is 19.7. The van der Waals surface area contributed by atoms with Crippen LogP contribution in [0.3, 0.4) is 0 Å². The number of nitrogens with zero attached hydrogens (tertiary/aromatic N) is 4. The average molecular weight is 445 g/mol. The van der Waals surface area contributed by atoms with Crippen LogP contribution in [0.25, 0.3) is 22.6 Å². The number of hydrogen-bond donors (Lipinski definition) is 3. The summed E-state index contributed by atoms with van der Waals surface area (Å²) in [5.74, 6) is 0.248. The van der Waals surface area contributed by atoms with Gasteiger partial charge in [0.05, 0.1) is 33.8 Å². The molecule has 0 aliphatic heterocycles. The molecule has 0 fully saturated rings. The molecule has 0 amide bonds. The number of sulfonamides is 1. The number of nitrogens with two attached hydrogens (primary N) is 2. The number of aryl methyl sites for hydroxylation is 3. The molecule has 166 valence electrons. The fraction of sp³-hybridized carbons (Fsp3) is 0.381. The van der Waals surface area contributed by atoms with E-state index in [9.17, 15) is 13.5 Å². The second kappa shape index (κ2) is 8.37. The largest absolute Gasteiger partial charge is 0.390 e. The third kappa shape index (κ3) is 5.46. The van der Waals surface area contributed by atoms with Gasteiger partial charge in [-0.05, 0) is 63.8 Å². The predicted octanol–water partition coefficient (Wildman–Crippen LogP) is 2.18. The van der Waals surface area contributed by atoms with Gasteiger partial charge in [-0.2, -0.15) is 5.10 Å². The summed E-state index contributed by atoms with van der Waals surface area (Å²) in [4.78, 5) is 8.97. The molecule has 3 aromatic rings. The maximum Gasteiger partial charge on any atom is 0.238 e. The van der Waals surface area contributed by atoms with Crippen LogP contribution in [0.2, 0.25) is 0 Å². The van der Waals surface area contributed by atoms with Crippen LogP contribution in [-0.2, 0) is 23.5 Å². The Morgan fingerprint density at radius 3 is 2.52 bits per heavy atom. The van der Waals surface area contributed by atoms with E-state index in [2.05, 4.69) is 10.1 Å². The molecule has 0 radical (unpaired) electrons. The highest BCUT2D eigenvalue weighted by Gasteiger charge is 2.18. The number of hydrogen-bond acceptors (Lipinski definition) is 7. The standard InChI is InChI=1S/C21H28N6O3S/c1-13-10-18(27(4)26-13)19-20(22)24-12-17(25-19)16-11-15(31(23,29)30)8-7-14(16)6-5-9-21(2,3)28/h7-8,10-12,28H,5-6,9H2,1-4H3,(H2,22,24)(H2,23,29,30). The normalized spacial score (nSPS) is 12.3. The van der Waals surface area contributed by atoms with Crippen LogP contribution in [0.15, 0.2) is 35.4 Å². The molecule has 0 atom stereocenters. The number of aromatic nitrogens is 4. The van der Waals surface area contributed by atoms with Crippen molar-refractivity contribution < 1.29 is 13.5 Å². The Hall–Kier alpha value is -2.82. The summed E-state index contributed by atoms with van der Waals surface area (Å²) in [6, 6.07) is 6.57. The van der Waals surface area contributed by atoms with Crippen LogP contribution in [0.1, 0.15) is 37.9 Å². The van der Waals surface area contributed by atoms with E-state index in [0.29, 0.717) is 41.9 Å². The first-order valence-electron chi connectivity index (χ1n) is 9.87. The third-order valence-corrected chi connectivity index (χ3v) is 5.88. The highest BCUT2D eigenvalue weighted by atomic mass is 32.2. The van der Waals surface area contributed by atoms with E-state index in [1.165, 1.54) is 18.3 Å². The molecule has 10 heteroatoms. The monoisotopic (exact) mass is 444 g/mol. The van der Waals surface area contributed by atoms with Crippen molar-refractivity contribution >= 4 is 15.8 Å². The van der Waals surface area contributed by atoms with Crippen molar-refractivity contribution in [2.75, 3.05) is 5.73 Å². The lowest BCUT2D eigenvalue weighted by Gasteiger charge is -2.17. The van der Waals surface area contributed by atoms with Crippen molar-refractivity contribution in [3.63, 3.8) is 0 Å². The Balaban J connectivity index is 2.11. The Kier molecular flexibility index (Phi) is 6.17. The number of primary sulfonamides is 1. The van der Waals surface area contributed by atoms with Gasteiger partial charge in [-0.15, -0.1) is 0 Å². The van der Waals surface area contributed by atoms with E-state index in [-0.39, 0.29) is 10.7 Å². The van der Waals surface area contributed by atoms with Gasteiger partial charge < -0.3 is 10.8 Å². The lowest BCUT2D eigenvalue weighted by Crippen LogP contribution is -2.18. The van der Waals surface area contributed by atoms with Gasteiger partial charge in [-0.1, -0.05) is 6.07 Å². The van der Waals surface area contributed by atoms with E-state index in [0.717, 1.165) is 11.3 Å². The average Bonchev–Trinajstić information content (AvgIpc) is 2.98. The lowest BCUT2D eigenvalue weighted by molar-refractivity contribution is 0.0689. The third-order valence-electron chi connectivity index (χ3n) is 4.97. The molecule has 0 saturated carbocycles. The molecule has 0 saturated heterocycles. The molecule has 31 heavy (non-hydrogen) atoms. The van der Waals surface area contributed by atoms with Crippen molar-refractivity contribution in [1.29, 1.82) is 0 Å². The van der Waals surface area contributed by atoms with Crippen LogP contribution >= 0.6 is 0 Å². The maximum atomic E-state index is 11.9. The number of benzene rings is 1. The van der Waals surface area contributed by atoms with Crippen LogP contribution in [-0.4, -0.2) is 38.9 Å². The molecule has 2 heterocycles. The number of nitrogen functional groups attached to an aromatic ring is 1. The number of rotatable bonds is 7. The minimum Gasteiger partial charge on any atom is -0.390 e. The molecule has 0 bridgehead atoms. The first-order chi connectivity index (χ1) is 14.3. The second-order valence-corrected chi connectivity index (χ2v) is 9.88. The molecule has 2 aromatic heterocycles. The van der Waals surface area contributed by atoms with Gasteiger partial charge in [-0.3, -0.25) is 4.68 Å². The predicted molar refractivity (Wildman–Crippen MR) is 119 cm³/mol. The summed E-state index contributed by atoms with van der Waals surface area (Å²) in [6.45, 7) is 5.38. The van der Waals surface area contributed by atoms with Gasteiger partial charge in [0, 0.05) is 12.6 Å². The Bertz CT molecular complexity index is 1210. The van der Waals surface area contributed by atoms with Crippen LogP contribution < -0.4 is 10.9 Å². The summed E-state index contributed by atoms with van der Waals surface area (Å²) < 4.78 is 25.6. The minimum atomic E-state index is -3.89. The SMILES string of the molecule is Cc1cc(-c2nc(-c3cc(S(N)(=O)=O)ccc3CCCC(C)(C)O)cnc2N)n(C)n1. The second-order valence-electron chi connectivity index (χ2n) is 8.31. The molecule has 0 unspecified atom stereocenters. The van der Waals surface area contributed by atoms with E-state index in [1.807, 2.05) is 13.0 Å². The molecule has 0 spiro atoms. The fourth-order valence-corrected chi connectivity index (χ4v) is 3.99. The Labute approximate surface area is 182 Å². The van der Waals surface area contributed by atoms with E-state index in [1.54, 1.807) is 31.6 Å².